The highest BCUT2D eigenvalue weighted by Gasteiger charge is 2.24. The van der Waals surface area contributed by atoms with Gasteiger partial charge >= 0.3 is 0 Å². The Morgan fingerprint density at radius 2 is 1.80 bits per heavy atom. The molecule has 25 heavy (non-hydrogen) atoms. The average Bonchev–Trinajstić information content (AvgIpc) is 2.67. The number of aromatic nitrogens is 1. The van der Waals surface area contributed by atoms with Crippen LogP contribution in [0.4, 0.5) is 0 Å². The standard InChI is InChI=1S/C19H20IN3O2/c20-17-4-2-1-3-16(17)18(24)22-13-14-7-11-23(12-8-14)19(25)15-5-9-21-10-6-15/h1-6,9-10,14H,7-8,11-13H2,(H,22,24). The molecule has 1 aromatic heterocycles. The fraction of sp³-hybridized carbons (Fsp3) is 0.316. The van der Waals surface area contributed by atoms with Gasteiger partial charge in [0.05, 0.1) is 5.56 Å². The molecule has 0 radical (unpaired) electrons. The van der Waals surface area contributed by atoms with Crippen LogP contribution in [0.5, 0.6) is 0 Å². The molecule has 0 atom stereocenters. The normalized spacial score (nSPS) is 15.0. The van der Waals surface area contributed by atoms with Gasteiger partial charge in [0.25, 0.3) is 11.8 Å². The summed E-state index contributed by atoms with van der Waals surface area (Å²) in [5, 5.41) is 3.03. The molecule has 2 amide bonds. The van der Waals surface area contributed by atoms with Crippen LogP contribution in [0.3, 0.4) is 0 Å². The first-order valence-electron chi connectivity index (χ1n) is 8.37. The molecule has 0 unspecified atom stereocenters. The quantitative estimate of drug-likeness (QED) is 0.731. The third-order valence-electron chi connectivity index (χ3n) is 4.50. The summed E-state index contributed by atoms with van der Waals surface area (Å²) < 4.78 is 0.954. The number of rotatable bonds is 4. The van der Waals surface area contributed by atoms with Crippen LogP contribution < -0.4 is 5.32 Å². The van der Waals surface area contributed by atoms with Gasteiger partial charge in [0.1, 0.15) is 0 Å². The molecular formula is C19H20IN3O2. The molecule has 1 aliphatic heterocycles. The number of likely N-dealkylation sites (tertiary alicyclic amines) is 1. The van der Waals surface area contributed by atoms with Crippen molar-refractivity contribution in [2.45, 2.75) is 12.8 Å². The molecular weight excluding hydrogens is 429 g/mol. The average molecular weight is 449 g/mol. The van der Waals surface area contributed by atoms with Crippen LogP contribution in [0.2, 0.25) is 0 Å². The maximum Gasteiger partial charge on any atom is 0.253 e. The molecule has 1 aromatic carbocycles. The van der Waals surface area contributed by atoms with Crippen LogP contribution in [-0.2, 0) is 0 Å². The molecule has 0 spiro atoms. The van der Waals surface area contributed by atoms with Crippen LogP contribution in [0.1, 0.15) is 33.6 Å². The zero-order chi connectivity index (χ0) is 17.6. The molecule has 1 N–H and O–H groups in total. The first kappa shape index (κ1) is 17.8. The van der Waals surface area contributed by atoms with Gasteiger partial charge < -0.3 is 10.2 Å². The molecule has 1 fully saturated rings. The number of hydrogen-bond donors (Lipinski definition) is 1. The molecule has 3 rings (SSSR count). The highest BCUT2D eigenvalue weighted by atomic mass is 127. The van der Waals surface area contributed by atoms with Crippen LogP contribution in [-0.4, -0.2) is 41.3 Å². The number of carbonyl (C=O) groups excluding carboxylic acids is 2. The van der Waals surface area contributed by atoms with Gasteiger partial charge in [0, 0.05) is 41.2 Å². The molecule has 1 saturated heterocycles. The SMILES string of the molecule is O=C(NCC1CCN(C(=O)c2ccncc2)CC1)c1ccccc1I. The molecule has 1 aliphatic rings. The maximum absolute atomic E-state index is 12.4. The van der Waals surface area contributed by atoms with Gasteiger partial charge in [-0.05, 0) is 65.6 Å². The second-order valence-electron chi connectivity index (χ2n) is 6.16. The number of piperidine rings is 1. The van der Waals surface area contributed by atoms with Gasteiger partial charge in [-0.25, -0.2) is 0 Å². The number of pyridine rings is 1. The molecule has 2 aromatic rings. The van der Waals surface area contributed by atoms with E-state index < -0.39 is 0 Å². The van der Waals surface area contributed by atoms with Crippen molar-refractivity contribution in [2.75, 3.05) is 19.6 Å². The van der Waals surface area contributed by atoms with Crippen molar-refractivity contribution in [1.29, 1.82) is 0 Å². The number of nitrogens with zero attached hydrogens (tertiary/aromatic N) is 2. The van der Waals surface area contributed by atoms with Crippen LogP contribution in [0.25, 0.3) is 0 Å². The summed E-state index contributed by atoms with van der Waals surface area (Å²) in [6.07, 6.45) is 5.09. The van der Waals surface area contributed by atoms with Gasteiger partial charge in [-0.3, -0.25) is 14.6 Å². The van der Waals surface area contributed by atoms with Crippen LogP contribution in [0.15, 0.2) is 48.8 Å². The van der Waals surface area contributed by atoms with Crippen molar-refractivity contribution in [2.24, 2.45) is 5.92 Å². The lowest BCUT2D eigenvalue weighted by Crippen LogP contribution is -2.41. The summed E-state index contributed by atoms with van der Waals surface area (Å²) in [5.74, 6) is 0.441. The van der Waals surface area contributed by atoms with Gasteiger partial charge in [-0.2, -0.15) is 0 Å². The molecule has 130 valence electrons. The van der Waals surface area contributed by atoms with E-state index in [2.05, 4.69) is 32.9 Å². The lowest BCUT2D eigenvalue weighted by atomic mass is 9.96. The zero-order valence-electron chi connectivity index (χ0n) is 13.8. The lowest BCUT2D eigenvalue weighted by molar-refractivity contribution is 0.0684. The van der Waals surface area contributed by atoms with E-state index in [9.17, 15) is 9.59 Å². The Bertz CT molecular complexity index is 743. The van der Waals surface area contributed by atoms with E-state index in [-0.39, 0.29) is 11.8 Å². The minimum absolute atomic E-state index is 0.0275. The summed E-state index contributed by atoms with van der Waals surface area (Å²) in [4.78, 5) is 30.5. The Balaban J connectivity index is 1.47. The minimum Gasteiger partial charge on any atom is -0.352 e. The Morgan fingerprint density at radius 3 is 2.48 bits per heavy atom. The zero-order valence-corrected chi connectivity index (χ0v) is 16.0. The van der Waals surface area contributed by atoms with E-state index in [0.717, 1.165) is 29.5 Å². The van der Waals surface area contributed by atoms with E-state index in [0.29, 0.717) is 23.6 Å². The predicted octanol–water partition coefficient (Wildman–Crippen LogP) is 2.97. The van der Waals surface area contributed by atoms with E-state index in [4.69, 9.17) is 0 Å². The molecule has 0 saturated carbocycles. The number of benzene rings is 1. The molecule has 0 bridgehead atoms. The van der Waals surface area contributed by atoms with Crippen molar-refractivity contribution >= 4 is 34.4 Å². The Labute approximate surface area is 161 Å². The van der Waals surface area contributed by atoms with Crippen molar-refractivity contribution in [3.8, 4) is 0 Å². The van der Waals surface area contributed by atoms with E-state index in [1.807, 2.05) is 29.2 Å². The topological polar surface area (TPSA) is 62.3 Å². The number of halogens is 1. The molecule has 6 heteroatoms. The third-order valence-corrected chi connectivity index (χ3v) is 5.44. The van der Waals surface area contributed by atoms with Crippen molar-refractivity contribution in [3.05, 3.63) is 63.5 Å². The fourth-order valence-corrected chi connectivity index (χ4v) is 3.63. The van der Waals surface area contributed by atoms with Crippen molar-refractivity contribution in [3.63, 3.8) is 0 Å². The monoisotopic (exact) mass is 449 g/mol. The Hall–Kier alpha value is -1.96. The summed E-state index contributed by atoms with van der Waals surface area (Å²) >= 11 is 2.18. The van der Waals surface area contributed by atoms with Gasteiger partial charge in [0.15, 0.2) is 0 Å². The summed E-state index contributed by atoms with van der Waals surface area (Å²) in [5.41, 5.74) is 1.40. The summed E-state index contributed by atoms with van der Waals surface area (Å²) in [7, 11) is 0. The third kappa shape index (κ3) is 4.56. The van der Waals surface area contributed by atoms with Crippen molar-refractivity contribution < 1.29 is 9.59 Å². The minimum atomic E-state index is -0.0275. The first-order valence-corrected chi connectivity index (χ1v) is 9.45. The second-order valence-corrected chi connectivity index (χ2v) is 7.32. The highest BCUT2D eigenvalue weighted by molar-refractivity contribution is 14.1. The fourth-order valence-electron chi connectivity index (χ4n) is 2.99. The Morgan fingerprint density at radius 1 is 1.12 bits per heavy atom. The number of carbonyl (C=O) groups is 2. The van der Waals surface area contributed by atoms with Crippen molar-refractivity contribution in [1.82, 2.24) is 15.2 Å². The van der Waals surface area contributed by atoms with E-state index >= 15 is 0 Å². The number of nitrogens with one attached hydrogen (secondary N) is 1. The molecule has 0 aliphatic carbocycles. The number of amides is 2. The molecule has 5 nitrogen and oxygen atoms in total. The smallest absolute Gasteiger partial charge is 0.253 e. The maximum atomic E-state index is 12.4. The highest BCUT2D eigenvalue weighted by Crippen LogP contribution is 2.19. The number of hydrogen-bond acceptors (Lipinski definition) is 3. The second kappa shape index (κ2) is 8.42. The van der Waals surface area contributed by atoms with E-state index in [1.165, 1.54) is 0 Å². The first-order chi connectivity index (χ1) is 12.1. The van der Waals surface area contributed by atoms with Crippen LogP contribution >= 0.6 is 22.6 Å². The Kier molecular flexibility index (Phi) is 6.01. The predicted molar refractivity (Wildman–Crippen MR) is 104 cm³/mol. The molecule has 2 heterocycles. The van der Waals surface area contributed by atoms with Gasteiger partial charge in [-0.15, -0.1) is 0 Å². The summed E-state index contributed by atoms with van der Waals surface area (Å²) in [6, 6.07) is 11.1. The van der Waals surface area contributed by atoms with Gasteiger partial charge in [0.2, 0.25) is 0 Å². The van der Waals surface area contributed by atoms with Crippen LogP contribution in [0, 0.1) is 9.49 Å². The van der Waals surface area contributed by atoms with Gasteiger partial charge in [-0.1, -0.05) is 12.1 Å². The van der Waals surface area contributed by atoms with E-state index in [1.54, 1.807) is 24.5 Å². The largest absolute Gasteiger partial charge is 0.352 e. The summed E-state index contributed by atoms with van der Waals surface area (Å²) in [6.45, 7) is 2.11. The lowest BCUT2D eigenvalue weighted by Gasteiger charge is -2.32.